The van der Waals surface area contributed by atoms with Crippen molar-refractivity contribution >= 4 is 33.3 Å². The van der Waals surface area contributed by atoms with Gasteiger partial charge in [0.05, 0.1) is 22.1 Å². The second-order valence-corrected chi connectivity index (χ2v) is 7.77. The van der Waals surface area contributed by atoms with Crippen molar-refractivity contribution in [3.05, 3.63) is 24.5 Å². The monoisotopic (exact) mass is 350 g/mol. The van der Waals surface area contributed by atoms with E-state index in [9.17, 15) is 9.59 Å². The number of Topliss-reactive ketones (excluding diaryl/α,β-unsaturated/α-hetero) is 1. The fourth-order valence-corrected chi connectivity index (χ4v) is 5.65. The predicted molar refractivity (Wildman–Crippen MR) is 84.1 cm³/mol. The maximum atomic E-state index is 13.0. The van der Waals surface area contributed by atoms with Gasteiger partial charge in [-0.25, -0.2) is 0 Å². The van der Waals surface area contributed by atoms with Crippen LogP contribution < -0.4 is 5.32 Å². The number of hydrogen-bond donors (Lipinski definition) is 1. The summed E-state index contributed by atoms with van der Waals surface area (Å²) >= 11 is 3.52. The molecule has 0 spiro atoms. The molecule has 1 amide bonds. The minimum absolute atomic E-state index is 0.0862. The van der Waals surface area contributed by atoms with Crippen LogP contribution in [0.1, 0.15) is 33.6 Å². The third kappa shape index (κ3) is 1.58. The lowest BCUT2D eigenvalue weighted by Crippen LogP contribution is -2.48. The number of rotatable bonds is 2. The van der Waals surface area contributed by atoms with Crippen LogP contribution in [0.3, 0.4) is 0 Å². The number of alkyl halides is 1. The number of fused-ring (bicyclic) bond motifs is 2. The summed E-state index contributed by atoms with van der Waals surface area (Å²) in [5.41, 5.74) is -0.847. The van der Waals surface area contributed by atoms with Gasteiger partial charge in [-0.15, -0.1) is 0 Å². The van der Waals surface area contributed by atoms with E-state index in [2.05, 4.69) is 26.2 Å². The first-order chi connectivity index (χ1) is 9.77. The van der Waals surface area contributed by atoms with E-state index in [0.717, 1.165) is 12.8 Å². The molecule has 1 aromatic heterocycles. The summed E-state index contributed by atoms with van der Waals surface area (Å²) in [6.45, 7) is 6.08. The first kappa shape index (κ1) is 14.7. The molecule has 2 aliphatic rings. The summed E-state index contributed by atoms with van der Waals surface area (Å²) in [4.78, 5) is 29.2. The van der Waals surface area contributed by atoms with E-state index in [1.807, 2.05) is 26.8 Å². The lowest BCUT2D eigenvalue weighted by atomic mass is 9.64. The molecule has 2 bridgehead atoms. The van der Waals surface area contributed by atoms with Gasteiger partial charge in [-0.3, -0.25) is 14.6 Å². The van der Waals surface area contributed by atoms with Gasteiger partial charge in [-0.1, -0.05) is 36.7 Å². The fourth-order valence-electron chi connectivity index (χ4n) is 4.13. The summed E-state index contributed by atoms with van der Waals surface area (Å²) in [6.07, 6.45) is 4.78. The first-order valence-corrected chi connectivity index (χ1v) is 8.09. The van der Waals surface area contributed by atoms with Gasteiger partial charge in [0.15, 0.2) is 5.78 Å². The number of aromatic nitrogens is 1. The van der Waals surface area contributed by atoms with Crippen LogP contribution in [-0.4, -0.2) is 21.5 Å². The van der Waals surface area contributed by atoms with Crippen molar-refractivity contribution in [2.24, 2.45) is 16.2 Å². The Morgan fingerprint density at radius 2 is 2.10 bits per heavy atom. The number of carbonyl (C=O) groups is 2. The van der Waals surface area contributed by atoms with Gasteiger partial charge in [0, 0.05) is 11.6 Å². The van der Waals surface area contributed by atoms with Crippen molar-refractivity contribution in [3.8, 4) is 0 Å². The van der Waals surface area contributed by atoms with Crippen molar-refractivity contribution in [1.82, 2.24) is 4.98 Å². The molecule has 112 valence electrons. The smallest absolute Gasteiger partial charge is 0.232 e. The number of hydrogen-bond acceptors (Lipinski definition) is 3. The third-order valence-corrected chi connectivity index (χ3v) is 7.24. The van der Waals surface area contributed by atoms with Crippen LogP contribution in [0.5, 0.6) is 0 Å². The molecule has 0 aliphatic heterocycles. The molecule has 3 atom stereocenters. The average Bonchev–Trinajstić information content (AvgIpc) is 2.72. The summed E-state index contributed by atoms with van der Waals surface area (Å²) < 4.78 is 0. The highest BCUT2D eigenvalue weighted by atomic mass is 79.9. The summed E-state index contributed by atoms with van der Waals surface area (Å²) in [5.74, 6) is 0.0667. The number of nitrogens with one attached hydrogen (secondary N) is 1. The largest absolute Gasteiger partial charge is 0.324 e. The van der Waals surface area contributed by atoms with Crippen LogP contribution in [-0.2, 0) is 9.59 Å². The zero-order valence-corrected chi connectivity index (χ0v) is 14.0. The maximum absolute atomic E-state index is 13.0. The highest BCUT2D eigenvalue weighted by Crippen LogP contribution is 2.72. The van der Waals surface area contributed by atoms with Crippen LogP contribution in [0.15, 0.2) is 24.5 Å². The maximum Gasteiger partial charge on any atom is 0.232 e. The molecule has 4 nitrogen and oxygen atoms in total. The molecule has 0 saturated heterocycles. The molecule has 2 fully saturated rings. The highest BCUT2D eigenvalue weighted by Gasteiger charge is 2.76. The van der Waals surface area contributed by atoms with Gasteiger partial charge in [0.25, 0.3) is 0 Å². The molecule has 5 heteroatoms. The molecule has 0 unspecified atom stereocenters. The number of carbonyl (C=O) groups excluding carboxylic acids is 2. The lowest BCUT2D eigenvalue weighted by molar-refractivity contribution is -0.130. The number of pyridine rings is 1. The van der Waals surface area contributed by atoms with Gasteiger partial charge >= 0.3 is 0 Å². The Morgan fingerprint density at radius 3 is 2.62 bits per heavy atom. The number of ketones is 1. The average molecular weight is 351 g/mol. The van der Waals surface area contributed by atoms with Crippen LogP contribution in [0, 0.1) is 16.2 Å². The molecule has 1 aromatic rings. The molecular weight excluding hydrogens is 332 g/mol. The Labute approximate surface area is 132 Å². The van der Waals surface area contributed by atoms with Gasteiger partial charge < -0.3 is 5.32 Å². The van der Waals surface area contributed by atoms with E-state index >= 15 is 0 Å². The first-order valence-electron chi connectivity index (χ1n) is 7.17. The van der Waals surface area contributed by atoms with E-state index in [4.69, 9.17) is 0 Å². The summed E-state index contributed by atoms with van der Waals surface area (Å²) in [7, 11) is 0. The Bertz CT molecular complexity index is 616. The van der Waals surface area contributed by atoms with Crippen molar-refractivity contribution < 1.29 is 9.59 Å². The molecule has 3 rings (SSSR count). The zero-order valence-electron chi connectivity index (χ0n) is 12.4. The van der Waals surface area contributed by atoms with Crippen molar-refractivity contribution in [1.29, 1.82) is 0 Å². The quantitative estimate of drug-likeness (QED) is 0.833. The van der Waals surface area contributed by atoms with Gasteiger partial charge in [-0.2, -0.15) is 0 Å². The number of anilines is 1. The molecule has 0 aromatic carbocycles. The van der Waals surface area contributed by atoms with Gasteiger partial charge in [0.1, 0.15) is 0 Å². The zero-order chi connectivity index (χ0) is 15.5. The van der Waals surface area contributed by atoms with Crippen LogP contribution >= 0.6 is 15.9 Å². The highest BCUT2D eigenvalue weighted by molar-refractivity contribution is 9.10. The fraction of sp³-hybridized carbons (Fsp3) is 0.562. The predicted octanol–water partition coefficient (Wildman–Crippen LogP) is 3.18. The normalized spacial score (nSPS) is 36.8. The Kier molecular flexibility index (Phi) is 3.07. The Balaban J connectivity index is 2.00. The van der Waals surface area contributed by atoms with Crippen LogP contribution in [0.2, 0.25) is 0 Å². The number of halogens is 1. The van der Waals surface area contributed by atoms with E-state index in [0.29, 0.717) is 5.69 Å². The minimum atomic E-state index is -0.700. The molecule has 1 N–H and O–H groups in total. The molecule has 0 radical (unpaired) electrons. The molecule has 2 saturated carbocycles. The van der Waals surface area contributed by atoms with Crippen molar-refractivity contribution in [3.63, 3.8) is 0 Å². The van der Waals surface area contributed by atoms with Crippen molar-refractivity contribution in [2.45, 2.75) is 38.4 Å². The van der Waals surface area contributed by atoms with E-state index in [1.165, 1.54) is 0 Å². The Hall–Kier alpha value is -1.23. The Morgan fingerprint density at radius 1 is 1.38 bits per heavy atom. The molecule has 2 aliphatic carbocycles. The topological polar surface area (TPSA) is 59.1 Å². The summed E-state index contributed by atoms with van der Waals surface area (Å²) in [5, 5.41) is 2.94. The second kappa shape index (κ2) is 4.38. The minimum Gasteiger partial charge on any atom is -0.324 e. The van der Waals surface area contributed by atoms with E-state index in [1.54, 1.807) is 18.5 Å². The summed E-state index contributed by atoms with van der Waals surface area (Å²) in [6, 6.07) is 3.59. The SMILES string of the molecule is CC1(C)[C@@]2(C)CC[C@@]1(C(=O)Nc1cccnc1)[C@H](Br)C2=O. The van der Waals surface area contributed by atoms with Crippen LogP contribution in [0.4, 0.5) is 5.69 Å². The third-order valence-electron chi connectivity index (χ3n) is 6.05. The van der Waals surface area contributed by atoms with Crippen LogP contribution in [0.25, 0.3) is 0 Å². The van der Waals surface area contributed by atoms with E-state index < -0.39 is 15.7 Å². The lowest BCUT2D eigenvalue weighted by Gasteiger charge is -2.39. The molecular formula is C16H19BrN2O2. The standard InChI is InChI=1S/C16H19BrN2O2/c1-14(2)15(3)6-7-16(14,11(17)12(15)20)13(21)19-10-5-4-8-18-9-10/h4-5,8-9,11H,6-7H2,1-3H3,(H,19,21)/t11-,15+,16+/m1/s1. The van der Waals surface area contributed by atoms with E-state index in [-0.39, 0.29) is 17.1 Å². The molecule has 21 heavy (non-hydrogen) atoms. The number of nitrogens with zero attached hydrogens (tertiary/aromatic N) is 1. The molecule has 1 heterocycles. The van der Waals surface area contributed by atoms with Gasteiger partial charge in [-0.05, 0) is 30.4 Å². The second-order valence-electron chi connectivity index (χ2n) is 6.85. The van der Waals surface area contributed by atoms with Gasteiger partial charge in [0.2, 0.25) is 5.91 Å². The van der Waals surface area contributed by atoms with Crippen molar-refractivity contribution in [2.75, 3.05) is 5.32 Å². The number of amides is 1.